The molecule has 0 saturated carbocycles. The van der Waals surface area contributed by atoms with Gasteiger partial charge in [0.1, 0.15) is 11.6 Å². The number of methoxy groups -OCH3 is 1. The Morgan fingerprint density at radius 1 is 1.03 bits per heavy atom. The third kappa shape index (κ3) is 4.88. The Morgan fingerprint density at radius 3 is 2.56 bits per heavy atom. The van der Waals surface area contributed by atoms with E-state index in [1.54, 1.807) is 71.5 Å². The summed E-state index contributed by atoms with van der Waals surface area (Å²) in [5.41, 5.74) is 2.59. The molecule has 0 radical (unpaired) electrons. The molecule has 0 atom stereocenters. The number of ether oxygens (including phenoxy) is 1. The highest BCUT2D eigenvalue weighted by atomic mass is 19.1. The Bertz CT molecular complexity index is 1120. The number of rotatable bonds is 6. The third-order valence-corrected chi connectivity index (χ3v) is 5.34. The molecule has 3 aromatic rings. The zero-order chi connectivity index (χ0) is 22.5. The molecule has 32 heavy (non-hydrogen) atoms. The number of nitrogens with one attached hydrogen (secondary N) is 1. The number of nitrogens with zero attached hydrogens (tertiary/aromatic N) is 2. The van der Waals surface area contributed by atoms with Crippen molar-refractivity contribution in [3.63, 3.8) is 0 Å². The van der Waals surface area contributed by atoms with E-state index in [0.717, 1.165) is 17.7 Å². The van der Waals surface area contributed by atoms with Crippen molar-refractivity contribution < 1.29 is 18.7 Å². The number of anilines is 2. The lowest BCUT2D eigenvalue weighted by atomic mass is 10.1. The molecular weight excluding hydrogens is 409 g/mol. The molecule has 0 unspecified atom stereocenters. The second-order valence-corrected chi connectivity index (χ2v) is 7.57. The lowest BCUT2D eigenvalue weighted by Gasteiger charge is -2.35. The molecule has 0 spiro atoms. The van der Waals surface area contributed by atoms with Crippen LogP contribution in [0.2, 0.25) is 0 Å². The van der Waals surface area contributed by atoms with Gasteiger partial charge in [-0.2, -0.15) is 0 Å². The molecule has 1 saturated heterocycles. The van der Waals surface area contributed by atoms with Gasteiger partial charge in [-0.15, -0.1) is 0 Å². The molecule has 6 nitrogen and oxygen atoms in total. The molecule has 1 heterocycles. The van der Waals surface area contributed by atoms with Gasteiger partial charge < -0.3 is 15.0 Å². The monoisotopic (exact) mass is 433 g/mol. The van der Waals surface area contributed by atoms with Crippen LogP contribution in [0.3, 0.4) is 0 Å². The molecule has 4 rings (SSSR count). The summed E-state index contributed by atoms with van der Waals surface area (Å²) in [6.45, 7) is 1.56. The van der Waals surface area contributed by atoms with Crippen molar-refractivity contribution in [2.75, 3.05) is 30.4 Å². The molecular formula is C25H24FN3O3. The first-order chi connectivity index (χ1) is 15.5. The van der Waals surface area contributed by atoms with Crippen molar-refractivity contribution >= 4 is 23.3 Å². The fourth-order valence-corrected chi connectivity index (χ4v) is 3.72. The third-order valence-electron chi connectivity index (χ3n) is 5.34. The summed E-state index contributed by atoms with van der Waals surface area (Å²) in [6.07, 6.45) is 0.805. The second-order valence-electron chi connectivity index (χ2n) is 7.57. The van der Waals surface area contributed by atoms with Crippen LogP contribution < -0.4 is 15.0 Å². The Labute approximate surface area is 186 Å². The Balaban J connectivity index is 1.43. The van der Waals surface area contributed by atoms with Crippen LogP contribution in [0.15, 0.2) is 72.8 Å². The average molecular weight is 433 g/mol. The summed E-state index contributed by atoms with van der Waals surface area (Å²) < 4.78 is 18.7. The van der Waals surface area contributed by atoms with E-state index in [-0.39, 0.29) is 17.8 Å². The number of benzene rings is 3. The quantitative estimate of drug-likeness (QED) is 0.600. The van der Waals surface area contributed by atoms with E-state index in [1.165, 1.54) is 12.1 Å². The van der Waals surface area contributed by atoms with E-state index in [1.807, 2.05) is 6.07 Å². The first-order valence-electron chi connectivity index (χ1n) is 10.4. The highest BCUT2D eigenvalue weighted by Crippen LogP contribution is 2.23. The van der Waals surface area contributed by atoms with Gasteiger partial charge in [0.05, 0.1) is 7.11 Å². The number of carbonyl (C=O) groups excluding carboxylic acids is 2. The van der Waals surface area contributed by atoms with Crippen molar-refractivity contribution in [2.45, 2.75) is 13.0 Å². The fourth-order valence-electron chi connectivity index (χ4n) is 3.72. The van der Waals surface area contributed by atoms with E-state index in [9.17, 15) is 14.0 Å². The van der Waals surface area contributed by atoms with Gasteiger partial charge in [0.25, 0.3) is 5.91 Å². The van der Waals surface area contributed by atoms with Crippen molar-refractivity contribution in [3.8, 4) is 5.75 Å². The van der Waals surface area contributed by atoms with Crippen LogP contribution in [0.25, 0.3) is 0 Å². The zero-order valence-electron chi connectivity index (χ0n) is 17.8. The van der Waals surface area contributed by atoms with E-state index < -0.39 is 0 Å². The molecule has 1 fully saturated rings. The Kier molecular flexibility index (Phi) is 6.35. The molecule has 1 aliphatic heterocycles. The second kappa shape index (κ2) is 9.51. The predicted molar refractivity (Wildman–Crippen MR) is 122 cm³/mol. The van der Waals surface area contributed by atoms with Crippen LogP contribution in [-0.2, 0) is 6.54 Å². The molecule has 3 amide bonds. The van der Waals surface area contributed by atoms with Crippen LogP contribution in [0.5, 0.6) is 5.75 Å². The average Bonchev–Trinajstić information content (AvgIpc) is 2.81. The SMILES string of the molecule is COc1cccc(NC(=O)c2ccc(N3CCCN(Cc4cccc(F)c4)C3=O)cc2)c1. The topological polar surface area (TPSA) is 61.9 Å². The molecule has 164 valence electrons. The van der Waals surface area contributed by atoms with Gasteiger partial charge in [-0.25, -0.2) is 9.18 Å². The minimum absolute atomic E-state index is 0.130. The van der Waals surface area contributed by atoms with Gasteiger partial charge in [-0.05, 0) is 60.5 Å². The first kappa shape index (κ1) is 21.4. The number of urea groups is 1. The molecule has 7 heteroatoms. The maximum atomic E-state index is 13.5. The first-order valence-corrected chi connectivity index (χ1v) is 10.4. The maximum Gasteiger partial charge on any atom is 0.324 e. The number of amides is 3. The number of carbonyl (C=O) groups is 2. The van der Waals surface area contributed by atoms with E-state index in [4.69, 9.17) is 4.74 Å². The van der Waals surface area contributed by atoms with Gasteiger partial charge in [0.2, 0.25) is 0 Å². The van der Waals surface area contributed by atoms with Gasteiger partial charge in [0, 0.05) is 42.6 Å². The van der Waals surface area contributed by atoms with Gasteiger partial charge in [0.15, 0.2) is 0 Å². The highest BCUT2D eigenvalue weighted by molar-refractivity contribution is 6.04. The minimum atomic E-state index is -0.313. The molecule has 0 aliphatic carbocycles. The normalized spacial score (nSPS) is 13.8. The zero-order valence-corrected chi connectivity index (χ0v) is 17.8. The number of hydrogen-bond acceptors (Lipinski definition) is 3. The Hall–Kier alpha value is -3.87. The smallest absolute Gasteiger partial charge is 0.324 e. The minimum Gasteiger partial charge on any atom is -0.497 e. The standard InChI is InChI=1S/C25H24FN3O3/c1-32-23-8-3-7-21(16-23)27-24(30)19-9-11-22(12-10-19)29-14-4-13-28(25(29)31)17-18-5-2-6-20(26)15-18/h2-3,5-12,15-16H,4,13-14,17H2,1H3,(H,27,30). The van der Waals surface area contributed by atoms with Crippen molar-refractivity contribution in [3.05, 3.63) is 89.7 Å². The van der Waals surface area contributed by atoms with Crippen LogP contribution >= 0.6 is 0 Å². The summed E-state index contributed by atoms with van der Waals surface area (Å²) >= 11 is 0. The summed E-state index contributed by atoms with van der Waals surface area (Å²) in [7, 11) is 1.57. The maximum absolute atomic E-state index is 13.5. The molecule has 0 aromatic heterocycles. The molecule has 1 N–H and O–H groups in total. The highest BCUT2D eigenvalue weighted by Gasteiger charge is 2.27. The van der Waals surface area contributed by atoms with Gasteiger partial charge >= 0.3 is 6.03 Å². The number of hydrogen-bond donors (Lipinski definition) is 1. The summed E-state index contributed by atoms with van der Waals surface area (Å²) in [5.74, 6) is 0.0960. The van der Waals surface area contributed by atoms with Crippen molar-refractivity contribution in [1.29, 1.82) is 0 Å². The van der Waals surface area contributed by atoms with Crippen LogP contribution in [-0.4, -0.2) is 37.0 Å². The predicted octanol–water partition coefficient (Wildman–Crippen LogP) is 4.92. The van der Waals surface area contributed by atoms with E-state index in [0.29, 0.717) is 36.6 Å². The van der Waals surface area contributed by atoms with E-state index >= 15 is 0 Å². The van der Waals surface area contributed by atoms with Gasteiger partial charge in [-0.3, -0.25) is 9.69 Å². The lowest BCUT2D eigenvalue weighted by molar-refractivity contribution is 0.102. The largest absolute Gasteiger partial charge is 0.497 e. The number of halogens is 1. The molecule has 3 aromatic carbocycles. The van der Waals surface area contributed by atoms with Crippen LogP contribution in [0, 0.1) is 5.82 Å². The lowest BCUT2D eigenvalue weighted by Crippen LogP contribution is -2.49. The summed E-state index contributed by atoms with van der Waals surface area (Å²) in [5, 5.41) is 2.84. The molecule has 1 aliphatic rings. The van der Waals surface area contributed by atoms with E-state index in [2.05, 4.69) is 5.32 Å². The molecule has 0 bridgehead atoms. The summed E-state index contributed by atoms with van der Waals surface area (Å²) in [6, 6.07) is 20.2. The Morgan fingerprint density at radius 2 is 1.81 bits per heavy atom. The van der Waals surface area contributed by atoms with Crippen LogP contribution in [0.1, 0.15) is 22.3 Å². The van der Waals surface area contributed by atoms with Crippen molar-refractivity contribution in [1.82, 2.24) is 4.90 Å². The summed E-state index contributed by atoms with van der Waals surface area (Å²) in [4.78, 5) is 29.0. The fraction of sp³-hybridized carbons (Fsp3) is 0.200. The van der Waals surface area contributed by atoms with Crippen LogP contribution in [0.4, 0.5) is 20.6 Å². The van der Waals surface area contributed by atoms with Gasteiger partial charge in [-0.1, -0.05) is 18.2 Å². The van der Waals surface area contributed by atoms with Crippen molar-refractivity contribution in [2.24, 2.45) is 0 Å².